The summed E-state index contributed by atoms with van der Waals surface area (Å²) in [5.74, 6) is 0. The van der Waals surface area contributed by atoms with Crippen molar-refractivity contribution in [2.75, 3.05) is 0 Å². The van der Waals surface area contributed by atoms with Gasteiger partial charge >= 0.3 is 5.69 Å². The van der Waals surface area contributed by atoms with Crippen molar-refractivity contribution in [3.8, 4) is 0 Å². The van der Waals surface area contributed by atoms with E-state index in [1.165, 1.54) is 11.6 Å². The van der Waals surface area contributed by atoms with Crippen LogP contribution in [0.4, 0.5) is 0 Å². The molecule has 0 bridgehead atoms. The number of rotatable bonds is 1. The number of nitrogens with zero attached hydrogens (tertiary/aromatic N) is 4. The van der Waals surface area contributed by atoms with E-state index in [-0.39, 0.29) is 11.2 Å². The Morgan fingerprint density at radius 1 is 1.26 bits per heavy atom. The predicted molar refractivity (Wildman–Crippen MR) is 76.0 cm³/mol. The molecule has 0 N–H and O–H groups in total. The molecule has 0 fully saturated rings. The number of aromatic nitrogens is 4. The summed E-state index contributed by atoms with van der Waals surface area (Å²) in [6, 6.07) is 0. The number of hydrogen-bond acceptors (Lipinski definition) is 3. The van der Waals surface area contributed by atoms with Crippen molar-refractivity contribution in [1.82, 2.24) is 18.7 Å². The summed E-state index contributed by atoms with van der Waals surface area (Å²) in [7, 11) is 3.11. The normalized spacial score (nSPS) is 15.2. The lowest BCUT2D eigenvalue weighted by Gasteiger charge is -2.07. The van der Waals surface area contributed by atoms with Crippen LogP contribution >= 0.6 is 15.9 Å². The predicted octanol–water partition coefficient (Wildman–Crippen LogP) is 1.22. The minimum atomic E-state index is -0.366. The Morgan fingerprint density at radius 3 is 2.63 bits per heavy atom. The third-order valence-corrected chi connectivity index (χ3v) is 4.05. The zero-order chi connectivity index (χ0) is 13.7. The van der Waals surface area contributed by atoms with Gasteiger partial charge in [0.15, 0.2) is 15.9 Å². The van der Waals surface area contributed by atoms with Crippen molar-refractivity contribution >= 4 is 32.8 Å². The Labute approximate surface area is 117 Å². The molecule has 0 aromatic carbocycles. The molecule has 2 aromatic rings. The zero-order valence-electron chi connectivity index (χ0n) is 10.7. The van der Waals surface area contributed by atoms with Gasteiger partial charge in [-0.25, -0.2) is 9.78 Å². The smallest absolute Gasteiger partial charge is 0.285 e. The molecule has 6 nitrogen and oxygen atoms in total. The third kappa shape index (κ3) is 1.64. The second kappa shape index (κ2) is 4.19. The molecule has 1 aliphatic rings. The molecule has 0 spiro atoms. The highest BCUT2D eigenvalue weighted by Gasteiger charge is 2.20. The summed E-state index contributed by atoms with van der Waals surface area (Å²) >= 11 is 3.38. The van der Waals surface area contributed by atoms with E-state index in [1.807, 2.05) is 4.57 Å². The number of aryl methyl sites for hydroxylation is 1. The van der Waals surface area contributed by atoms with Gasteiger partial charge in [-0.1, -0.05) is 6.08 Å². The van der Waals surface area contributed by atoms with Crippen LogP contribution in [0.2, 0.25) is 0 Å². The van der Waals surface area contributed by atoms with Crippen LogP contribution in [0.5, 0.6) is 0 Å². The fraction of sp³-hybridized carbons (Fsp3) is 0.417. The molecule has 0 atom stereocenters. The van der Waals surface area contributed by atoms with Crippen molar-refractivity contribution in [1.29, 1.82) is 0 Å². The monoisotopic (exact) mass is 324 g/mol. The standard InChI is InChI=1S/C12H13BrN4O2/c1-15-9-8(10(18)16(2)12(15)19)17(11(13)14-9)7-5-3-4-6-7/h5H,3-4,6H2,1-2H3. The van der Waals surface area contributed by atoms with E-state index in [9.17, 15) is 9.59 Å². The first-order valence-corrected chi connectivity index (χ1v) is 6.85. The fourth-order valence-electron chi connectivity index (χ4n) is 2.49. The summed E-state index contributed by atoms with van der Waals surface area (Å²) in [6.45, 7) is 0. The molecule has 1 aliphatic carbocycles. The molecule has 0 aliphatic heterocycles. The highest BCUT2D eigenvalue weighted by Crippen LogP contribution is 2.28. The topological polar surface area (TPSA) is 61.8 Å². The highest BCUT2D eigenvalue weighted by molar-refractivity contribution is 9.10. The van der Waals surface area contributed by atoms with Crippen molar-refractivity contribution in [3.05, 3.63) is 31.6 Å². The Hall–Kier alpha value is -1.63. The molecular weight excluding hydrogens is 312 g/mol. The lowest BCUT2D eigenvalue weighted by molar-refractivity contribution is 0.707. The average Bonchev–Trinajstić information content (AvgIpc) is 3.00. The SMILES string of the molecule is Cn1c(=O)c2c(nc(Br)n2C2=CCCC2)n(C)c1=O. The van der Waals surface area contributed by atoms with Crippen LogP contribution in [0.25, 0.3) is 16.9 Å². The van der Waals surface area contributed by atoms with Crippen molar-refractivity contribution in [2.45, 2.75) is 19.3 Å². The van der Waals surface area contributed by atoms with E-state index in [0.717, 1.165) is 29.5 Å². The van der Waals surface area contributed by atoms with Gasteiger partial charge in [-0.2, -0.15) is 0 Å². The lowest BCUT2D eigenvalue weighted by Crippen LogP contribution is -2.37. The summed E-state index contributed by atoms with van der Waals surface area (Å²) in [5.41, 5.74) is 1.24. The van der Waals surface area contributed by atoms with Gasteiger partial charge in [0, 0.05) is 19.8 Å². The molecule has 0 saturated carbocycles. The minimum Gasteiger partial charge on any atom is -0.285 e. The van der Waals surface area contributed by atoms with E-state index < -0.39 is 0 Å². The summed E-state index contributed by atoms with van der Waals surface area (Å²) < 4.78 is 4.88. The van der Waals surface area contributed by atoms with Gasteiger partial charge in [0.05, 0.1) is 0 Å². The average molecular weight is 325 g/mol. The van der Waals surface area contributed by atoms with Crippen LogP contribution in [0, 0.1) is 0 Å². The first kappa shape index (κ1) is 12.4. The maximum atomic E-state index is 12.3. The Bertz CT molecular complexity index is 825. The molecule has 3 rings (SSSR count). The van der Waals surface area contributed by atoms with Crippen LogP contribution < -0.4 is 11.2 Å². The largest absolute Gasteiger partial charge is 0.332 e. The second-order valence-electron chi connectivity index (χ2n) is 4.68. The molecular formula is C12H13BrN4O2. The van der Waals surface area contributed by atoms with Crippen LogP contribution in [0.15, 0.2) is 20.4 Å². The van der Waals surface area contributed by atoms with Gasteiger partial charge in [-0.15, -0.1) is 0 Å². The quantitative estimate of drug-likeness (QED) is 0.741. The molecule has 2 heterocycles. The number of hydrogen-bond donors (Lipinski definition) is 0. The molecule has 2 aromatic heterocycles. The number of imidazole rings is 1. The molecule has 0 unspecified atom stereocenters. The van der Waals surface area contributed by atoms with E-state index in [4.69, 9.17) is 0 Å². The highest BCUT2D eigenvalue weighted by atomic mass is 79.9. The van der Waals surface area contributed by atoms with Gasteiger partial charge in [0.25, 0.3) is 5.56 Å². The first-order chi connectivity index (χ1) is 9.02. The van der Waals surface area contributed by atoms with Gasteiger partial charge in [0.2, 0.25) is 0 Å². The van der Waals surface area contributed by atoms with Gasteiger partial charge in [-0.05, 0) is 35.2 Å². The van der Waals surface area contributed by atoms with E-state index in [2.05, 4.69) is 27.0 Å². The van der Waals surface area contributed by atoms with E-state index >= 15 is 0 Å². The molecule has 100 valence electrons. The molecule has 0 amide bonds. The van der Waals surface area contributed by atoms with Crippen LogP contribution in [0.3, 0.4) is 0 Å². The third-order valence-electron chi connectivity index (χ3n) is 3.52. The molecule has 0 saturated heterocycles. The van der Waals surface area contributed by atoms with Crippen LogP contribution in [-0.2, 0) is 14.1 Å². The minimum absolute atomic E-state index is 0.316. The molecule has 19 heavy (non-hydrogen) atoms. The van der Waals surface area contributed by atoms with E-state index in [0.29, 0.717) is 15.9 Å². The number of halogens is 1. The van der Waals surface area contributed by atoms with E-state index in [1.54, 1.807) is 7.05 Å². The summed E-state index contributed by atoms with van der Waals surface area (Å²) in [6.07, 6.45) is 5.10. The molecule has 7 heteroatoms. The fourth-order valence-corrected chi connectivity index (χ4v) is 3.06. The maximum Gasteiger partial charge on any atom is 0.332 e. The first-order valence-electron chi connectivity index (χ1n) is 6.05. The summed E-state index contributed by atoms with van der Waals surface area (Å²) in [5, 5.41) is 0. The number of fused-ring (bicyclic) bond motifs is 1. The van der Waals surface area contributed by atoms with Gasteiger partial charge in [0.1, 0.15) is 0 Å². The van der Waals surface area contributed by atoms with Crippen molar-refractivity contribution in [2.24, 2.45) is 14.1 Å². The lowest BCUT2D eigenvalue weighted by atomic mass is 10.3. The molecule has 0 radical (unpaired) electrons. The van der Waals surface area contributed by atoms with Crippen molar-refractivity contribution < 1.29 is 0 Å². The van der Waals surface area contributed by atoms with Gasteiger partial charge in [-0.3, -0.25) is 18.5 Å². The Kier molecular flexibility index (Phi) is 2.74. The second-order valence-corrected chi connectivity index (χ2v) is 5.39. The Morgan fingerprint density at radius 2 is 2.00 bits per heavy atom. The maximum absolute atomic E-state index is 12.3. The Balaban J connectivity index is 2.51. The van der Waals surface area contributed by atoms with Gasteiger partial charge < -0.3 is 0 Å². The van der Waals surface area contributed by atoms with Crippen LogP contribution in [0.1, 0.15) is 19.3 Å². The zero-order valence-corrected chi connectivity index (χ0v) is 12.3. The number of allylic oxidation sites excluding steroid dienone is 2. The van der Waals surface area contributed by atoms with Crippen LogP contribution in [-0.4, -0.2) is 18.7 Å². The van der Waals surface area contributed by atoms with Crippen molar-refractivity contribution in [3.63, 3.8) is 0 Å². The summed E-state index contributed by atoms with van der Waals surface area (Å²) in [4.78, 5) is 28.5.